The molecule has 1 aliphatic heterocycles. The van der Waals surface area contributed by atoms with Crippen molar-refractivity contribution < 1.29 is 18.8 Å². The zero-order valence-corrected chi connectivity index (χ0v) is 13.5. The number of carbonyl (C=O) groups is 1. The van der Waals surface area contributed by atoms with Gasteiger partial charge in [-0.1, -0.05) is 5.16 Å². The Bertz CT molecular complexity index is 909. The highest BCUT2D eigenvalue weighted by atomic mass is 19.1. The lowest BCUT2D eigenvalue weighted by Gasteiger charge is -2.31. The fourth-order valence-electron chi connectivity index (χ4n) is 3.52. The van der Waals surface area contributed by atoms with Crippen LogP contribution in [0.5, 0.6) is 0 Å². The number of rotatable bonds is 4. The number of aromatic amines is 1. The van der Waals surface area contributed by atoms with E-state index < -0.39 is 5.97 Å². The van der Waals surface area contributed by atoms with Crippen LogP contribution in [0.1, 0.15) is 40.6 Å². The van der Waals surface area contributed by atoms with Gasteiger partial charge in [-0.3, -0.25) is 4.90 Å². The third kappa shape index (κ3) is 3.02. The molecule has 25 heavy (non-hydrogen) atoms. The van der Waals surface area contributed by atoms with Crippen molar-refractivity contribution in [1.82, 2.24) is 15.0 Å². The maximum Gasteiger partial charge on any atom is 0.374 e. The number of hydrogen-bond acceptors (Lipinski definition) is 4. The fourth-order valence-corrected chi connectivity index (χ4v) is 3.52. The molecule has 4 rings (SSSR count). The Labute approximate surface area is 143 Å². The first-order valence-corrected chi connectivity index (χ1v) is 8.28. The van der Waals surface area contributed by atoms with Crippen LogP contribution in [-0.4, -0.2) is 39.2 Å². The number of fused-ring (bicyclic) bond motifs is 1. The number of aromatic nitrogens is 2. The number of halogens is 1. The molecule has 0 spiro atoms. The van der Waals surface area contributed by atoms with Gasteiger partial charge in [-0.05, 0) is 44.1 Å². The number of benzene rings is 1. The molecule has 2 aromatic heterocycles. The first-order chi connectivity index (χ1) is 12.1. The molecule has 3 aromatic rings. The summed E-state index contributed by atoms with van der Waals surface area (Å²) in [6.07, 6.45) is 3.51. The third-order valence-corrected chi connectivity index (χ3v) is 4.92. The molecule has 6 nitrogen and oxygen atoms in total. The Morgan fingerprint density at radius 1 is 1.36 bits per heavy atom. The van der Waals surface area contributed by atoms with E-state index in [-0.39, 0.29) is 17.5 Å². The number of nitrogens with zero attached hydrogens (tertiary/aromatic N) is 2. The molecular weight excluding hydrogens is 325 g/mol. The van der Waals surface area contributed by atoms with Gasteiger partial charge in [-0.2, -0.15) is 0 Å². The fraction of sp³-hybridized carbons (Fsp3) is 0.333. The highest BCUT2D eigenvalue weighted by Crippen LogP contribution is 2.30. The average molecular weight is 343 g/mol. The molecule has 0 aliphatic carbocycles. The predicted molar refractivity (Wildman–Crippen MR) is 89.0 cm³/mol. The van der Waals surface area contributed by atoms with Crippen molar-refractivity contribution >= 4 is 16.9 Å². The molecular formula is C18H18FN3O3. The maximum absolute atomic E-state index is 14.3. The normalized spacial score (nSPS) is 16.5. The topological polar surface area (TPSA) is 82.4 Å². The van der Waals surface area contributed by atoms with E-state index in [0.29, 0.717) is 17.8 Å². The van der Waals surface area contributed by atoms with Crippen LogP contribution >= 0.6 is 0 Å². The minimum atomic E-state index is -1.11. The van der Waals surface area contributed by atoms with Crippen molar-refractivity contribution in [3.63, 3.8) is 0 Å². The number of aromatic carboxylic acids is 1. The molecule has 7 heteroatoms. The zero-order chi connectivity index (χ0) is 17.4. The highest BCUT2D eigenvalue weighted by Gasteiger charge is 2.25. The minimum absolute atomic E-state index is 0.126. The van der Waals surface area contributed by atoms with E-state index in [0.717, 1.165) is 36.8 Å². The van der Waals surface area contributed by atoms with Crippen LogP contribution in [0.15, 0.2) is 35.0 Å². The number of nitrogens with one attached hydrogen (secondary N) is 1. The average Bonchev–Trinajstić information content (AvgIpc) is 3.27. The van der Waals surface area contributed by atoms with Crippen molar-refractivity contribution in [2.75, 3.05) is 13.1 Å². The van der Waals surface area contributed by atoms with Gasteiger partial charge in [0.2, 0.25) is 5.76 Å². The van der Waals surface area contributed by atoms with Crippen LogP contribution in [-0.2, 0) is 6.54 Å². The summed E-state index contributed by atoms with van der Waals surface area (Å²) >= 11 is 0. The Hall–Kier alpha value is -2.67. The lowest BCUT2D eigenvalue weighted by Crippen LogP contribution is -2.32. The van der Waals surface area contributed by atoms with Crippen molar-refractivity contribution in [2.24, 2.45) is 0 Å². The molecule has 0 atom stereocenters. The number of piperidine rings is 1. The molecule has 1 fully saturated rings. The molecule has 3 heterocycles. The highest BCUT2D eigenvalue weighted by molar-refractivity contribution is 5.84. The second-order valence-corrected chi connectivity index (χ2v) is 6.44. The summed E-state index contributed by atoms with van der Waals surface area (Å²) in [7, 11) is 0. The smallest absolute Gasteiger partial charge is 0.374 e. The zero-order valence-electron chi connectivity index (χ0n) is 13.5. The number of hydrogen-bond donors (Lipinski definition) is 2. The number of H-pyrrole nitrogens is 1. The quantitative estimate of drug-likeness (QED) is 0.759. The Morgan fingerprint density at radius 3 is 2.88 bits per heavy atom. The van der Waals surface area contributed by atoms with Crippen molar-refractivity contribution in [2.45, 2.75) is 25.3 Å². The van der Waals surface area contributed by atoms with Crippen LogP contribution < -0.4 is 0 Å². The molecule has 130 valence electrons. The standard InChI is InChI=1S/C18H18FN3O3/c19-14-1-2-15-12(3-6-20-15)13(14)10-22-7-4-11(5-8-22)16-9-17(18(23)24)25-21-16/h1-3,6,9,11,20H,4-5,7-8,10H2,(H,23,24). The molecule has 1 saturated heterocycles. The molecule has 0 bridgehead atoms. The van der Waals surface area contributed by atoms with Crippen molar-refractivity contribution in [3.05, 3.63) is 53.3 Å². The van der Waals surface area contributed by atoms with Gasteiger partial charge < -0.3 is 14.6 Å². The van der Waals surface area contributed by atoms with Crippen molar-refractivity contribution in [3.8, 4) is 0 Å². The van der Waals surface area contributed by atoms with Gasteiger partial charge in [0.05, 0.1) is 5.69 Å². The summed E-state index contributed by atoms with van der Waals surface area (Å²) in [6, 6.07) is 6.67. The van der Waals surface area contributed by atoms with Gasteiger partial charge in [-0.15, -0.1) is 0 Å². The van der Waals surface area contributed by atoms with Crippen LogP contribution in [0.4, 0.5) is 4.39 Å². The third-order valence-electron chi connectivity index (χ3n) is 4.92. The Kier molecular flexibility index (Phi) is 4.01. The van der Waals surface area contributed by atoms with Crippen LogP contribution in [0.25, 0.3) is 10.9 Å². The van der Waals surface area contributed by atoms with E-state index in [4.69, 9.17) is 9.63 Å². The van der Waals surface area contributed by atoms with Crippen LogP contribution in [0.2, 0.25) is 0 Å². The molecule has 0 radical (unpaired) electrons. The molecule has 0 saturated carbocycles. The second kappa shape index (κ2) is 6.33. The van der Waals surface area contributed by atoms with Crippen molar-refractivity contribution in [1.29, 1.82) is 0 Å². The summed E-state index contributed by atoms with van der Waals surface area (Å²) in [5, 5.41) is 13.7. The van der Waals surface area contributed by atoms with Gasteiger partial charge in [0.1, 0.15) is 5.82 Å². The van der Waals surface area contributed by atoms with E-state index in [9.17, 15) is 9.18 Å². The minimum Gasteiger partial charge on any atom is -0.475 e. The number of carboxylic acid groups (broad SMARTS) is 1. The lowest BCUT2D eigenvalue weighted by molar-refractivity contribution is 0.0651. The monoisotopic (exact) mass is 343 g/mol. The Morgan fingerprint density at radius 2 is 2.16 bits per heavy atom. The Balaban J connectivity index is 1.44. The van der Waals surface area contributed by atoms with Gasteiger partial charge in [0.25, 0.3) is 0 Å². The van der Waals surface area contributed by atoms with E-state index in [1.807, 2.05) is 12.3 Å². The molecule has 1 aliphatic rings. The molecule has 0 amide bonds. The summed E-state index contributed by atoms with van der Waals surface area (Å²) in [6.45, 7) is 2.17. The summed E-state index contributed by atoms with van der Waals surface area (Å²) in [5.74, 6) is -1.23. The largest absolute Gasteiger partial charge is 0.475 e. The lowest BCUT2D eigenvalue weighted by atomic mass is 9.93. The van der Waals surface area contributed by atoms with E-state index in [2.05, 4.69) is 15.0 Å². The summed E-state index contributed by atoms with van der Waals surface area (Å²) < 4.78 is 19.1. The predicted octanol–water partition coefficient (Wildman–Crippen LogP) is 3.37. The molecule has 1 aromatic carbocycles. The van der Waals surface area contributed by atoms with Gasteiger partial charge in [0.15, 0.2) is 0 Å². The van der Waals surface area contributed by atoms with E-state index in [1.54, 1.807) is 6.07 Å². The number of carboxylic acids is 1. The summed E-state index contributed by atoms with van der Waals surface area (Å²) in [5.41, 5.74) is 2.35. The first-order valence-electron chi connectivity index (χ1n) is 8.28. The van der Waals surface area contributed by atoms with E-state index >= 15 is 0 Å². The van der Waals surface area contributed by atoms with Crippen LogP contribution in [0.3, 0.4) is 0 Å². The molecule has 0 unspecified atom stereocenters. The van der Waals surface area contributed by atoms with Gasteiger partial charge in [-0.25, -0.2) is 9.18 Å². The number of likely N-dealkylation sites (tertiary alicyclic amines) is 1. The SMILES string of the molecule is O=C(O)c1cc(C2CCN(Cc3c(F)ccc4[nH]ccc34)CC2)no1. The van der Waals surface area contributed by atoms with E-state index in [1.165, 1.54) is 12.1 Å². The second-order valence-electron chi connectivity index (χ2n) is 6.44. The van der Waals surface area contributed by atoms with Gasteiger partial charge in [0, 0.05) is 41.2 Å². The first kappa shape index (κ1) is 15.8. The van der Waals surface area contributed by atoms with Gasteiger partial charge >= 0.3 is 5.97 Å². The molecule has 2 N–H and O–H groups in total. The maximum atomic E-state index is 14.3. The van der Waals surface area contributed by atoms with Crippen LogP contribution in [0, 0.1) is 5.82 Å². The summed E-state index contributed by atoms with van der Waals surface area (Å²) in [4.78, 5) is 16.2.